The highest BCUT2D eigenvalue weighted by Crippen LogP contribution is 2.44. The largest absolute Gasteiger partial charge is 0.507 e. The zero-order valence-corrected chi connectivity index (χ0v) is 18.1. The van der Waals surface area contributed by atoms with Crippen LogP contribution in [-0.2, 0) is 14.4 Å². The van der Waals surface area contributed by atoms with Gasteiger partial charge < -0.3 is 15.2 Å². The van der Waals surface area contributed by atoms with Crippen molar-refractivity contribution < 1.29 is 24.2 Å². The number of carbonyl (C=O) groups excluding carboxylic acids is 3. The van der Waals surface area contributed by atoms with Gasteiger partial charge in [-0.05, 0) is 30.3 Å². The number of methoxy groups -OCH3 is 1. The lowest BCUT2D eigenvalue weighted by molar-refractivity contribution is -0.132. The van der Waals surface area contributed by atoms with E-state index in [0.717, 1.165) is 0 Å². The van der Waals surface area contributed by atoms with Gasteiger partial charge in [0.05, 0.1) is 18.7 Å². The summed E-state index contributed by atoms with van der Waals surface area (Å²) in [7, 11) is 1.50. The van der Waals surface area contributed by atoms with Crippen LogP contribution in [0.1, 0.15) is 24.1 Å². The summed E-state index contributed by atoms with van der Waals surface area (Å²) >= 11 is 0. The molecule has 7 nitrogen and oxygen atoms in total. The van der Waals surface area contributed by atoms with E-state index in [9.17, 15) is 19.5 Å². The minimum absolute atomic E-state index is 0.0263. The molecule has 0 aliphatic carbocycles. The van der Waals surface area contributed by atoms with Gasteiger partial charge in [-0.2, -0.15) is 0 Å². The Kier molecular flexibility index (Phi) is 5.95. The molecule has 4 rings (SSSR count). The van der Waals surface area contributed by atoms with Crippen molar-refractivity contribution in [1.29, 1.82) is 0 Å². The van der Waals surface area contributed by atoms with Crippen LogP contribution in [0.3, 0.4) is 0 Å². The van der Waals surface area contributed by atoms with E-state index in [1.807, 2.05) is 0 Å². The summed E-state index contributed by atoms with van der Waals surface area (Å²) in [6.07, 6.45) is 0. The van der Waals surface area contributed by atoms with Crippen molar-refractivity contribution >= 4 is 34.7 Å². The van der Waals surface area contributed by atoms with Crippen molar-refractivity contribution in [3.63, 3.8) is 0 Å². The maximum Gasteiger partial charge on any atom is 0.300 e. The summed E-state index contributed by atoms with van der Waals surface area (Å²) in [5, 5.41) is 13.8. The van der Waals surface area contributed by atoms with E-state index in [0.29, 0.717) is 28.3 Å². The number of hydrogen-bond donors (Lipinski definition) is 2. The summed E-state index contributed by atoms with van der Waals surface area (Å²) in [5.41, 5.74) is 1.95. The molecule has 3 aromatic carbocycles. The van der Waals surface area contributed by atoms with Crippen LogP contribution in [0, 0.1) is 0 Å². The first-order valence-electron chi connectivity index (χ1n) is 10.3. The third-order valence-corrected chi connectivity index (χ3v) is 5.39. The fourth-order valence-corrected chi connectivity index (χ4v) is 3.95. The molecular weight excluding hydrogens is 420 g/mol. The van der Waals surface area contributed by atoms with Gasteiger partial charge >= 0.3 is 0 Å². The van der Waals surface area contributed by atoms with Crippen molar-refractivity contribution in [2.45, 2.75) is 13.0 Å². The lowest BCUT2D eigenvalue weighted by atomic mass is 9.94. The van der Waals surface area contributed by atoms with E-state index < -0.39 is 17.7 Å². The van der Waals surface area contributed by atoms with Gasteiger partial charge in [0, 0.05) is 29.4 Å². The third-order valence-electron chi connectivity index (χ3n) is 5.39. The first-order chi connectivity index (χ1) is 15.9. The van der Waals surface area contributed by atoms with Crippen LogP contribution in [0.2, 0.25) is 0 Å². The zero-order valence-electron chi connectivity index (χ0n) is 18.1. The van der Waals surface area contributed by atoms with E-state index in [1.165, 1.54) is 18.9 Å². The molecule has 3 aromatic rings. The number of Topliss-reactive ketones (excluding diaryl/α,β-unsaturated/α-hetero) is 1. The van der Waals surface area contributed by atoms with Crippen LogP contribution in [0.4, 0.5) is 11.4 Å². The Balaban J connectivity index is 1.91. The van der Waals surface area contributed by atoms with Gasteiger partial charge in [-0.1, -0.05) is 48.5 Å². The molecule has 33 heavy (non-hydrogen) atoms. The van der Waals surface area contributed by atoms with E-state index in [1.54, 1.807) is 78.9 Å². The average Bonchev–Trinajstić information content (AvgIpc) is 3.09. The number of rotatable bonds is 5. The van der Waals surface area contributed by atoms with E-state index in [4.69, 9.17) is 4.74 Å². The maximum atomic E-state index is 13.2. The molecule has 166 valence electrons. The number of nitrogens with zero attached hydrogens (tertiary/aromatic N) is 1. The summed E-state index contributed by atoms with van der Waals surface area (Å²) in [5.74, 6) is -1.57. The molecule has 1 heterocycles. The average molecular weight is 442 g/mol. The number of aliphatic hydroxyl groups excluding tert-OH is 1. The van der Waals surface area contributed by atoms with Crippen LogP contribution in [0.15, 0.2) is 84.4 Å². The van der Waals surface area contributed by atoms with Crippen LogP contribution in [0.5, 0.6) is 5.75 Å². The number of ketones is 1. The van der Waals surface area contributed by atoms with Crippen LogP contribution in [0.25, 0.3) is 5.76 Å². The Morgan fingerprint density at radius 2 is 1.58 bits per heavy atom. The van der Waals surface area contributed by atoms with Crippen molar-refractivity contribution in [2.75, 3.05) is 17.3 Å². The highest BCUT2D eigenvalue weighted by Gasteiger charge is 2.47. The molecule has 2 amide bonds. The third kappa shape index (κ3) is 4.08. The number of aliphatic hydroxyl groups is 1. The first-order valence-corrected chi connectivity index (χ1v) is 10.3. The maximum absolute atomic E-state index is 13.2. The standard InChI is InChI=1S/C26H22N2O5/c1-16(29)27-18-12-14-19(15-13-18)28-23(20-10-6-7-11-21(20)33-2)22(25(31)26(28)32)24(30)17-8-4-3-5-9-17/h3-15,23,30H,1-2H3,(H,27,29)/b24-22-. The SMILES string of the molecule is COc1ccccc1C1/C(=C(/O)c2ccccc2)C(=O)C(=O)N1c1ccc(NC(C)=O)cc1. The van der Waals surface area contributed by atoms with Crippen molar-refractivity contribution in [3.8, 4) is 5.75 Å². The number of benzene rings is 3. The normalized spacial score (nSPS) is 17.2. The predicted octanol–water partition coefficient (Wildman–Crippen LogP) is 4.28. The second-order valence-corrected chi connectivity index (χ2v) is 7.51. The number of carbonyl (C=O) groups is 3. The van der Waals surface area contributed by atoms with Gasteiger partial charge in [0.2, 0.25) is 5.91 Å². The minimum atomic E-state index is -0.909. The molecule has 0 radical (unpaired) electrons. The summed E-state index contributed by atoms with van der Waals surface area (Å²) in [4.78, 5) is 39.1. The van der Waals surface area contributed by atoms with E-state index >= 15 is 0 Å². The number of anilines is 2. The van der Waals surface area contributed by atoms with E-state index in [-0.39, 0.29) is 17.2 Å². The Bertz CT molecular complexity index is 1250. The molecular formula is C26H22N2O5. The lowest BCUT2D eigenvalue weighted by Gasteiger charge is -2.26. The molecule has 1 atom stereocenters. The zero-order chi connectivity index (χ0) is 23.5. The fourth-order valence-electron chi connectivity index (χ4n) is 3.95. The highest BCUT2D eigenvalue weighted by atomic mass is 16.5. The van der Waals surface area contributed by atoms with Crippen molar-refractivity contribution in [3.05, 3.63) is 95.6 Å². The number of ether oxygens (including phenoxy) is 1. The van der Waals surface area contributed by atoms with Crippen LogP contribution < -0.4 is 15.0 Å². The molecule has 1 fully saturated rings. The topological polar surface area (TPSA) is 95.9 Å². The number of amides is 2. The summed E-state index contributed by atoms with van der Waals surface area (Å²) in [6.45, 7) is 1.40. The first kappa shape index (κ1) is 21.8. The highest BCUT2D eigenvalue weighted by molar-refractivity contribution is 6.51. The number of para-hydroxylation sites is 1. The van der Waals surface area contributed by atoms with Gasteiger partial charge in [-0.15, -0.1) is 0 Å². The Hall–Kier alpha value is -4.39. The van der Waals surface area contributed by atoms with Crippen molar-refractivity contribution in [2.24, 2.45) is 0 Å². The quantitative estimate of drug-likeness (QED) is 0.349. The minimum Gasteiger partial charge on any atom is -0.507 e. The second kappa shape index (κ2) is 9.00. The molecule has 0 bridgehead atoms. The Morgan fingerprint density at radius 3 is 2.21 bits per heavy atom. The molecule has 0 saturated carbocycles. The predicted molar refractivity (Wildman–Crippen MR) is 125 cm³/mol. The smallest absolute Gasteiger partial charge is 0.300 e. The monoisotopic (exact) mass is 442 g/mol. The second-order valence-electron chi connectivity index (χ2n) is 7.51. The van der Waals surface area contributed by atoms with Gasteiger partial charge in [0.1, 0.15) is 11.5 Å². The summed E-state index contributed by atoms with van der Waals surface area (Å²) in [6, 6.07) is 21.3. The molecule has 0 spiro atoms. The number of nitrogens with one attached hydrogen (secondary N) is 1. The summed E-state index contributed by atoms with van der Waals surface area (Å²) < 4.78 is 5.51. The van der Waals surface area contributed by atoms with Gasteiger partial charge in [-0.25, -0.2) is 0 Å². The molecule has 1 saturated heterocycles. The van der Waals surface area contributed by atoms with Gasteiger partial charge in [0.15, 0.2) is 0 Å². The fraction of sp³-hybridized carbons (Fsp3) is 0.115. The van der Waals surface area contributed by atoms with E-state index in [2.05, 4.69) is 5.32 Å². The van der Waals surface area contributed by atoms with Crippen LogP contribution >= 0.6 is 0 Å². The van der Waals surface area contributed by atoms with Gasteiger partial charge in [0.25, 0.3) is 11.7 Å². The molecule has 1 aliphatic rings. The molecule has 1 aliphatic heterocycles. The molecule has 0 aromatic heterocycles. The lowest BCUT2D eigenvalue weighted by Crippen LogP contribution is -2.29. The number of hydrogen-bond acceptors (Lipinski definition) is 5. The van der Waals surface area contributed by atoms with Gasteiger partial charge in [-0.3, -0.25) is 19.3 Å². The Morgan fingerprint density at radius 1 is 0.939 bits per heavy atom. The Labute approximate surface area is 190 Å². The molecule has 7 heteroatoms. The van der Waals surface area contributed by atoms with Crippen molar-refractivity contribution in [1.82, 2.24) is 0 Å². The molecule has 2 N–H and O–H groups in total. The van der Waals surface area contributed by atoms with Crippen LogP contribution in [-0.4, -0.2) is 29.8 Å². The molecule has 1 unspecified atom stereocenters.